The second-order valence-electron chi connectivity index (χ2n) is 3.89. The van der Waals surface area contributed by atoms with Crippen molar-refractivity contribution in [2.45, 2.75) is 6.54 Å². The van der Waals surface area contributed by atoms with Crippen molar-refractivity contribution in [2.24, 2.45) is 5.84 Å². The van der Waals surface area contributed by atoms with Crippen molar-refractivity contribution in [3.63, 3.8) is 0 Å². The largest absolute Gasteiger partial charge is 0.347 e. The summed E-state index contributed by atoms with van der Waals surface area (Å²) in [6, 6.07) is 11.1. The van der Waals surface area contributed by atoms with Crippen molar-refractivity contribution in [2.75, 3.05) is 5.43 Å². The fourth-order valence-electron chi connectivity index (χ4n) is 1.53. The highest BCUT2D eigenvalue weighted by molar-refractivity contribution is 9.10. The lowest BCUT2D eigenvalue weighted by Crippen LogP contribution is -2.23. The van der Waals surface area contributed by atoms with Gasteiger partial charge in [-0.3, -0.25) is 10.6 Å². The molecule has 6 heteroatoms. The number of nitrogen functional groups attached to an aromatic ring is 1. The van der Waals surface area contributed by atoms with Gasteiger partial charge in [-0.05, 0) is 29.8 Å². The first-order valence-electron chi connectivity index (χ1n) is 5.64. The third kappa shape index (κ3) is 3.77. The molecule has 4 N–H and O–H groups in total. The third-order valence-electron chi connectivity index (χ3n) is 2.50. The number of carbonyl (C=O) groups is 1. The van der Waals surface area contributed by atoms with Gasteiger partial charge in [0.25, 0.3) is 5.91 Å². The Kier molecular flexibility index (Phi) is 4.48. The maximum absolute atomic E-state index is 11.9. The van der Waals surface area contributed by atoms with Crippen molar-refractivity contribution in [1.82, 2.24) is 10.3 Å². The Morgan fingerprint density at radius 1 is 1.32 bits per heavy atom. The van der Waals surface area contributed by atoms with Crippen LogP contribution in [0.1, 0.15) is 16.1 Å². The normalized spacial score (nSPS) is 10.0. The van der Waals surface area contributed by atoms with Gasteiger partial charge in [-0.1, -0.05) is 28.1 Å². The number of hydrazine groups is 1. The topological polar surface area (TPSA) is 80.0 Å². The van der Waals surface area contributed by atoms with Crippen molar-refractivity contribution in [3.05, 3.63) is 58.3 Å². The Labute approximate surface area is 119 Å². The predicted molar refractivity (Wildman–Crippen MR) is 77.4 cm³/mol. The standard InChI is InChI=1S/C13H13BrN4O/c14-10-3-1-2-9(6-10)7-17-13(19)12-5-4-11(18-15)8-16-12/h1-6,8,18H,7,15H2,(H,17,19). The molecule has 98 valence electrons. The van der Waals surface area contributed by atoms with Crippen LogP contribution in [0.2, 0.25) is 0 Å². The van der Waals surface area contributed by atoms with E-state index in [4.69, 9.17) is 5.84 Å². The number of rotatable bonds is 4. The highest BCUT2D eigenvalue weighted by Crippen LogP contribution is 2.11. The number of nitrogens with one attached hydrogen (secondary N) is 2. The summed E-state index contributed by atoms with van der Waals surface area (Å²) in [6.45, 7) is 0.455. The van der Waals surface area contributed by atoms with Crippen LogP contribution in [0.4, 0.5) is 5.69 Å². The number of pyridine rings is 1. The van der Waals surface area contributed by atoms with Gasteiger partial charge in [0.15, 0.2) is 0 Å². The lowest BCUT2D eigenvalue weighted by atomic mass is 10.2. The van der Waals surface area contributed by atoms with Gasteiger partial charge in [-0.15, -0.1) is 0 Å². The molecule has 2 rings (SSSR count). The summed E-state index contributed by atoms with van der Waals surface area (Å²) in [7, 11) is 0. The average molecular weight is 321 g/mol. The van der Waals surface area contributed by atoms with Gasteiger partial charge >= 0.3 is 0 Å². The van der Waals surface area contributed by atoms with E-state index in [2.05, 4.69) is 31.7 Å². The first-order chi connectivity index (χ1) is 9.19. The average Bonchev–Trinajstić information content (AvgIpc) is 2.45. The fourth-order valence-corrected chi connectivity index (χ4v) is 1.98. The van der Waals surface area contributed by atoms with Gasteiger partial charge in [0.1, 0.15) is 5.69 Å². The van der Waals surface area contributed by atoms with Crippen molar-refractivity contribution in [1.29, 1.82) is 0 Å². The van der Waals surface area contributed by atoms with Gasteiger partial charge in [-0.25, -0.2) is 4.98 Å². The van der Waals surface area contributed by atoms with E-state index >= 15 is 0 Å². The number of aromatic nitrogens is 1. The number of carbonyl (C=O) groups excluding carboxylic acids is 1. The molecule has 19 heavy (non-hydrogen) atoms. The summed E-state index contributed by atoms with van der Waals surface area (Å²) in [5.41, 5.74) is 4.49. The van der Waals surface area contributed by atoms with Gasteiger partial charge in [0.05, 0.1) is 11.9 Å². The molecule has 0 saturated heterocycles. The monoisotopic (exact) mass is 320 g/mol. The number of amides is 1. The van der Waals surface area contributed by atoms with Crippen molar-refractivity contribution in [3.8, 4) is 0 Å². The van der Waals surface area contributed by atoms with Crippen LogP contribution in [0.5, 0.6) is 0 Å². The number of hydrogen-bond donors (Lipinski definition) is 3. The number of benzene rings is 1. The van der Waals surface area contributed by atoms with Crippen LogP contribution < -0.4 is 16.6 Å². The molecular formula is C13H13BrN4O. The Morgan fingerprint density at radius 3 is 2.79 bits per heavy atom. The third-order valence-corrected chi connectivity index (χ3v) is 3.00. The van der Waals surface area contributed by atoms with Crippen LogP contribution in [0.25, 0.3) is 0 Å². The van der Waals surface area contributed by atoms with Crippen molar-refractivity contribution < 1.29 is 4.79 Å². The van der Waals surface area contributed by atoms with Crippen LogP contribution in [0.15, 0.2) is 47.1 Å². The smallest absolute Gasteiger partial charge is 0.270 e. The summed E-state index contributed by atoms with van der Waals surface area (Å²) in [5.74, 6) is 5.01. The van der Waals surface area contributed by atoms with E-state index in [1.165, 1.54) is 6.20 Å². The molecule has 1 heterocycles. The van der Waals surface area contributed by atoms with Crippen LogP contribution in [-0.4, -0.2) is 10.9 Å². The molecule has 0 bridgehead atoms. The molecule has 1 amide bonds. The molecule has 0 unspecified atom stereocenters. The number of nitrogens with zero attached hydrogens (tertiary/aromatic N) is 1. The maximum atomic E-state index is 11.9. The SMILES string of the molecule is NNc1ccc(C(=O)NCc2cccc(Br)c2)nc1. The predicted octanol–water partition coefficient (Wildman–Crippen LogP) is 2.06. The van der Waals surface area contributed by atoms with Crippen molar-refractivity contribution >= 4 is 27.5 Å². The number of anilines is 1. The Bertz CT molecular complexity index is 571. The molecule has 0 fully saturated rings. The Balaban J connectivity index is 1.97. The van der Waals surface area contributed by atoms with Crippen LogP contribution in [0, 0.1) is 0 Å². The van der Waals surface area contributed by atoms with Gasteiger partial charge < -0.3 is 10.7 Å². The van der Waals surface area contributed by atoms with E-state index in [-0.39, 0.29) is 5.91 Å². The molecular weight excluding hydrogens is 308 g/mol. The molecule has 5 nitrogen and oxygen atoms in total. The minimum Gasteiger partial charge on any atom is -0.347 e. The number of hydrogen-bond acceptors (Lipinski definition) is 4. The van der Waals surface area contributed by atoms with E-state index in [0.29, 0.717) is 17.9 Å². The van der Waals surface area contributed by atoms with E-state index in [1.54, 1.807) is 12.1 Å². The molecule has 0 saturated carbocycles. The zero-order chi connectivity index (χ0) is 13.7. The first-order valence-corrected chi connectivity index (χ1v) is 6.43. The molecule has 0 radical (unpaired) electrons. The van der Waals surface area contributed by atoms with Crippen LogP contribution in [-0.2, 0) is 6.54 Å². The maximum Gasteiger partial charge on any atom is 0.270 e. The highest BCUT2D eigenvalue weighted by Gasteiger charge is 2.06. The summed E-state index contributed by atoms with van der Waals surface area (Å²) in [6.07, 6.45) is 1.51. The molecule has 1 aromatic heterocycles. The minimum absolute atomic E-state index is 0.219. The van der Waals surface area contributed by atoms with E-state index in [9.17, 15) is 4.79 Å². The Morgan fingerprint density at radius 2 is 2.16 bits per heavy atom. The molecule has 2 aromatic rings. The zero-order valence-corrected chi connectivity index (χ0v) is 11.6. The second kappa shape index (κ2) is 6.31. The highest BCUT2D eigenvalue weighted by atomic mass is 79.9. The molecule has 0 aliphatic rings. The molecule has 0 spiro atoms. The quantitative estimate of drug-likeness (QED) is 0.595. The zero-order valence-electron chi connectivity index (χ0n) is 10.1. The van der Waals surface area contributed by atoms with Crippen LogP contribution >= 0.6 is 15.9 Å². The van der Waals surface area contributed by atoms with Gasteiger partial charge in [-0.2, -0.15) is 0 Å². The molecule has 1 aromatic carbocycles. The van der Waals surface area contributed by atoms with E-state index < -0.39 is 0 Å². The summed E-state index contributed by atoms with van der Waals surface area (Å²) in [5, 5.41) is 2.81. The lowest BCUT2D eigenvalue weighted by Gasteiger charge is -2.06. The van der Waals surface area contributed by atoms with E-state index in [1.807, 2.05) is 24.3 Å². The minimum atomic E-state index is -0.219. The Hall–Kier alpha value is -1.92. The number of nitrogens with two attached hydrogens (primary N) is 1. The first kappa shape index (κ1) is 13.5. The van der Waals surface area contributed by atoms with Gasteiger partial charge in [0, 0.05) is 11.0 Å². The van der Waals surface area contributed by atoms with E-state index in [0.717, 1.165) is 10.0 Å². The lowest BCUT2D eigenvalue weighted by molar-refractivity contribution is 0.0946. The summed E-state index contributed by atoms with van der Waals surface area (Å²) >= 11 is 3.39. The summed E-state index contributed by atoms with van der Waals surface area (Å²) < 4.78 is 0.982. The number of halogens is 1. The van der Waals surface area contributed by atoms with Gasteiger partial charge in [0.2, 0.25) is 0 Å². The second-order valence-corrected chi connectivity index (χ2v) is 4.80. The fraction of sp³-hybridized carbons (Fsp3) is 0.0769. The molecule has 0 atom stereocenters. The molecule has 0 aliphatic carbocycles. The summed E-state index contributed by atoms with van der Waals surface area (Å²) in [4.78, 5) is 15.9. The molecule has 0 aliphatic heterocycles. The van der Waals surface area contributed by atoms with Crippen LogP contribution in [0.3, 0.4) is 0 Å².